The Kier molecular flexibility index (Phi) is 3.30. The maximum atomic E-state index is 12.6. The molecule has 1 aliphatic heterocycles. The predicted octanol–water partition coefficient (Wildman–Crippen LogP) is 1.65. The molecule has 2 amide bonds. The van der Waals surface area contributed by atoms with Crippen LogP contribution >= 0.6 is 0 Å². The van der Waals surface area contributed by atoms with Gasteiger partial charge in [0.2, 0.25) is 11.8 Å². The molecule has 1 heterocycles. The molecular weight excluding hydrogens is 252 g/mol. The first kappa shape index (κ1) is 12.9. The highest BCUT2D eigenvalue weighted by molar-refractivity contribution is 5.98. The number of carbonyl (C=O) groups excluding carboxylic acids is 2. The second-order valence-corrected chi connectivity index (χ2v) is 5.42. The van der Waals surface area contributed by atoms with E-state index in [1.54, 1.807) is 11.0 Å². The first-order valence-corrected chi connectivity index (χ1v) is 6.99. The van der Waals surface area contributed by atoms with Crippen LogP contribution < -0.4 is 5.32 Å². The van der Waals surface area contributed by atoms with Gasteiger partial charge in [-0.1, -0.05) is 36.4 Å². The summed E-state index contributed by atoms with van der Waals surface area (Å²) in [5.41, 5.74) is 0.842. The summed E-state index contributed by atoms with van der Waals surface area (Å²) in [7, 11) is 0. The Balaban J connectivity index is 1.93. The molecule has 2 unspecified atom stereocenters. The maximum absolute atomic E-state index is 12.6. The van der Waals surface area contributed by atoms with Gasteiger partial charge in [-0.05, 0) is 24.3 Å². The SMILES string of the molecule is C=CCN1C(=O)C(C2CC2)NC(=O)C1c1ccccc1. The zero-order valence-electron chi connectivity index (χ0n) is 11.3. The summed E-state index contributed by atoms with van der Waals surface area (Å²) in [6, 6.07) is 8.53. The molecule has 0 radical (unpaired) electrons. The Morgan fingerprint density at radius 2 is 1.95 bits per heavy atom. The quantitative estimate of drug-likeness (QED) is 0.846. The fourth-order valence-corrected chi connectivity index (χ4v) is 2.79. The fraction of sp³-hybridized carbons (Fsp3) is 0.375. The van der Waals surface area contributed by atoms with Crippen molar-refractivity contribution in [2.24, 2.45) is 5.92 Å². The molecule has 3 rings (SSSR count). The predicted molar refractivity (Wildman–Crippen MR) is 75.7 cm³/mol. The van der Waals surface area contributed by atoms with Crippen molar-refractivity contribution >= 4 is 11.8 Å². The second-order valence-electron chi connectivity index (χ2n) is 5.42. The normalized spacial score (nSPS) is 26.3. The van der Waals surface area contributed by atoms with E-state index < -0.39 is 6.04 Å². The lowest BCUT2D eigenvalue weighted by Crippen LogP contribution is -2.60. The minimum absolute atomic E-state index is 0.0147. The minimum Gasteiger partial charge on any atom is -0.342 e. The number of amides is 2. The summed E-state index contributed by atoms with van der Waals surface area (Å²) in [6.45, 7) is 4.10. The molecule has 1 aliphatic carbocycles. The molecule has 1 aromatic rings. The van der Waals surface area contributed by atoms with Crippen LogP contribution in [-0.2, 0) is 9.59 Å². The monoisotopic (exact) mass is 270 g/mol. The van der Waals surface area contributed by atoms with Crippen molar-refractivity contribution in [2.75, 3.05) is 6.54 Å². The second kappa shape index (κ2) is 5.12. The Hall–Kier alpha value is -2.10. The molecule has 1 aromatic carbocycles. The molecule has 2 fully saturated rings. The third kappa shape index (κ3) is 2.22. The van der Waals surface area contributed by atoms with E-state index >= 15 is 0 Å². The van der Waals surface area contributed by atoms with Gasteiger partial charge in [-0.25, -0.2) is 0 Å². The number of rotatable bonds is 4. The molecule has 1 saturated carbocycles. The average molecular weight is 270 g/mol. The van der Waals surface area contributed by atoms with Crippen molar-refractivity contribution in [1.29, 1.82) is 0 Å². The van der Waals surface area contributed by atoms with Crippen LogP contribution in [0.3, 0.4) is 0 Å². The molecular formula is C16H18N2O2. The largest absolute Gasteiger partial charge is 0.342 e. The van der Waals surface area contributed by atoms with Crippen molar-refractivity contribution in [2.45, 2.75) is 24.9 Å². The molecule has 2 atom stereocenters. The summed E-state index contributed by atoms with van der Waals surface area (Å²) in [5, 5.41) is 2.90. The first-order valence-electron chi connectivity index (χ1n) is 6.99. The molecule has 0 bridgehead atoms. The summed E-state index contributed by atoms with van der Waals surface area (Å²) in [4.78, 5) is 26.7. The van der Waals surface area contributed by atoms with E-state index in [1.807, 2.05) is 30.3 Å². The summed E-state index contributed by atoms with van der Waals surface area (Å²) >= 11 is 0. The number of benzene rings is 1. The van der Waals surface area contributed by atoms with Crippen LogP contribution in [-0.4, -0.2) is 29.3 Å². The standard InChI is InChI=1S/C16H18N2O2/c1-2-10-18-14(12-6-4-3-5-7-12)15(19)17-13(16(18)20)11-8-9-11/h2-7,11,13-14H,1,8-10H2,(H,17,19). The number of hydrogen-bond acceptors (Lipinski definition) is 2. The van der Waals surface area contributed by atoms with Crippen molar-refractivity contribution in [3.63, 3.8) is 0 Å². The van der Waals surface area contributed by atoms with Gasteiger partial charge in [0.25, 0.3) is 0 Å². The number of hydrogen-bond donors (Lipinski definition) is 1. The lowest BCUT2D eigenvalue weighted by Gasteiger charge is -2.38. The maximum Gasteiger partial charge on any atom is 0.248 e. The molecule has 1 saturated heterocycles. The van der Waals surface area contributed by atoms with E-state index in [9.17, 15) is 9.59 Å². The van der Waals surface area contributed by atoms with E-state index in [4.69, 9.17) is 0 Å². The van der Waals surface area contributed by atoms with Gasteiger partial charge >= 0.3 is 0 Å². The third-order valence-corrected chi connectivity index (χ3v) is 3.94. The van der Waals surface area contributed by atoms with Crippen LogP contribution in [0, 0.1) is 5.92 Å². The van der Waals surface area contributed by atoms with Gasteiger partial charge in [-0.3, -0.25) is 9.59 Å². The smallest absolute Gasteiger partial charge is 0.248 e. The van der Waals surface area contributed by atoms with Crippen molar-refractivity contribution < 1.29 is 9.59 Å². The number of piperazine rings is 1. The van der Waals surface area contributed by atoms with E-state index in [0.717, 1.165) is 18.4 Å². The van der Waals surface area contributed by atoms with Gasteiger partial charge in [0, 0.05) is 6.54 Å². The van der Waals surface area contributed by atoms with E-state index in [2.05, 4.69) is 11.9 Å². The zero-order chi connectivity index (χ0) is 14.1. The molecule has 2 aliphatic rings. The molecule has 4 heteroatoms. The Morgan fingerprint density at radius 3 is 2.55 bits per heavy atom. The van der Waals surface area contributed by atoms with Crippen LogP contribution in [0.15, 0.2) is 43.0 Å². The van der Waals surface area contributed by atoms with Gasteiger partial charge in [0.05, 0.1) is 0 Å². The highest BCUT2D eigenvalue weighted by Crippen LogP contribution is 2.37. The summed E-state index contributed by atoms with van der Waals surface area (Å²) < 4.78 is 0. The fourth-order valence-electron chi connectivity index (χ4n) is 2.79. The van der Waals surface area contributed by atoms with Crippen LogP contribution in [0.1, 0.15) is 24.4 Å². The number of carbonyl (C=O) groups is 2. The molecule has 4 nitrogen and oxygen atoms in total. The average Bonchev–Trinajstić information content (AvgIpc) is 3.28. The molecule has 0 spiro atoms. The van der Waals surface area contributed by atoms with Crippen LogP contribution in [0.2, 0.25) is 0 Å². The van der Waals surface area contributed by atoms with Gasteiger partial charge in [-0.2, -0.15) is 0 Å². The summed E-state index contributed by atoms with van der Waals surface area (Å²) in [6.07, 6.45) is 3.72. The highest BCUT2D eigenvalue weighted by atomic mass is 16.2. The van der Waals surface area contributed by atoms with E-state index in [0.29, 0.717) is 12.5 Å². The molecule has 0 aromatic heterocycles. The Morgan fingerprint density at radius 1 is 1.25 bits per heavy atom. The van der Waals surface area contributed by atoms with Crippen LogP contribution in [0.25, 0.3) is 0 Å². The minimum atomic E-state index is -0.545. The summed E-state index contributed by atoms with van der Waals surface area (Å²) in [5.74, 6) is 0.242. The van der Waals surface area contributed by atoms with Gasteiger partial charge in [-0.15, -0.1) is 6.58 Å². The van der Waals surface area contributed by atoms with E-state index in [-0.39, 0.29) is 17.9 Å². The number of nitrogens with one attached hydrogen (secondary N) is 1. The van der Waals surface area contributed by atoms with Crippen molar-refractivity contribution in [1.82, 2.24) is 10.2 Å². The van der Waals surface area contributed by atoms with Crippen LogP contribution in [0.4, 0.5) is 0 Å². The van der Waals surface area contributed by atoms with Crippen LogP contribution in [0.5, 0.6) is 0 Å². The van der Waals surface area contributed by atoms with E-state index in [1.165, 1.54) is 0 Å². The molecule has 104 valence electrons. The molecule has 1 N–H and O–H groups in total. The zero-order valence-corrected chi connectivity index (χ0v) is 11.3. The molecule has 20 heavy (non-hydrogen) atoms. The van der Waals surface area contributed by atoms with Crippen molar-refractivity contribution in [3.05, 3.63) is 48.6 Å². The third-order valence-electron chi connectivity index (χ3n) is 3.94. The Labute approximate surface area is 118 Å². The van der Waals surface area contributed by atoms with Crippen molar-refractivity contribution in [3.8, 4) is 0 Å². The highest BCUT2D eigenvalue weighted by Gasteiger charge is 2.46. The lowest BCUT2D eigenvalue weighted by atomic mass is 9.98. The topological polar surface area (TPSA) is 49.4 Å². The van der Waals surface area contributed by atoms with Gasteiger partial charge < -0.3 is 10.2 Å². The number of nitrogens with zero attached hydrogens (tertiary/aromatic N) is 1. The first-order chi connectivity index (χ1) is 9.72. The Bertz CT molecular complexity index is 537. The lowest BCUT2D eigenvalue weighted by molar-refractivity contribution is -0.149. The van der Waals surface area contributed by atoms with Gasteiger partial charge in [0.15, 0.2) is 0 Å². The van der Waals surface area contributed by atoms with Gasteiger partial charge in [0.1, 0.15) is 12.1 Å².